The van der Waals surface area contributed by atoms with E-state index in [4.69, 9.17) is 16.3 Å². The summed E-state index contributed by atoms with van der Waals surface area (Å²) in [6, 6.07) is 15.2. The predicted octanol–water partition coefficient (Wildman–Crippen LogP) is 4.31. The van der Waals surface area contributed by atoms with Crippen LogP contribution in [0.25, 0.3) is 0 Å². The van der Waals surface area contributed by atoms with Crippen molar-refractivity contribution in [3.05, 3.63) is 64.7 Å². The van der Waals surface area contributed by atoms with Crippen LogP contribution in [0.2, 0.25) is 5.02 Å². The van der Waals surface area contributed by atoms with Crippen LogP contribution in [0.3, 0.4) is 0 Å². The van der Waals surface area contributed by atoms with Gasteiger partial charge in [-0.3, -0.25) is 9.69 Å². The van der Waals surface area contributed by atoms with Crippen molar-refractivity contribution in [3.8, 4) is 5.75 Å². The SMILES string of the molecule is CCOc1ccc(C(=O)NCC(c2ccccc2Cl)N2CCCC2)cc1. The number of likely N-dealkylation sites (tertiary alicyclic amines) is 1. The molecule has 0 saturated carbocycles. The molecule has 0 bridgehead atoms. The van der Waals surface area contributed by atoms with Crippen molar-refractivity contribution in [2.24, 2.45) is 0 Å². The van der Waals surface area contributed by atoms with Crippen molar-refractivity contribution < 1.29 is 9.53 Å². The van der Waals surface area contributed by atoms with E-state index in [0.29, 0.717) is 18.7 Å². The zero-order valence-corrected chi connectivity index (χ0v) is 15.8. The van der Waals surface area contributed by atoms with Crippen molar-refractivity contribution in [3.63, 3.8) is 0 Å². The molecular weight excluding hydrogens is 348 g/mol. The topological polar surface area (TPSA) is 41.6 Å². The van der Waals surface area contributed by atoms with Crippen molar-refractivity contribution in [2.45, 2.75) is 25.8 Å². The average Bonchev–Trinajstić information content (AvgIpc) is 3.18. The maximum atomic E-state index is 12.5. The molecule has 3 rings (SSSR count). The minimum atomic E-state index is -0.0794. The number of carbonyl (C=O) groups excluding carboxylic acids is 1. The lowest BCUT2D eigenvalue weighted by Gasteiger charge is -2.29. The van der Waals surface area contributed by atoms with Gasteiger partial charge in [0.15, 0.2) is 0 Å². The van der Waals surface area contributed by atoms with Crippen LogP contribution in [0.15, 0.2) is 48.5 Å². The largest absolute Gasteiger partial charge is 0.494 e. The molecule has 1 unspecified atom stereocenters. The molecule has 5 heteroatoms. The van der Waals surface area contributed by atoms with Crippen molar-refractivity contribution in [1.29, 1.82) is 0 Å². The van der Waals surface area contributed by atoms with E-state index in [9.17, 15) is 4.79 Å². The smallest absolute Gasteiger partial charge is 0.251 e. The molecule has 1 atom stereocenters. The number of benzene rings is 2. The first-order valence-corrected chi connectivity index (χ1v) is 9.56. The molecule has 2 aromatic rings. The zero-order chi connectivity index (χ0) is 18.4. The summed E-state index contributed by atoms with van der Waals surface area (Å²) in [7, 11) is 0. The maximum absolute atomic E-state index is 12.5. The second-order valence-corrected chi connectivity index (χ2v) is 6.86. The molecule has 1 heterocycles. The third kappa shape index (κ3) is 4.57. The molecule has 1 aliphatic heterocycles. The van der Waals surface area contributed by atoms with E-state index >= 15 is 0 Å². The van der Waals surface area contributed by atoms with Gasteiger partial charge in [0.1, 0.15) is 5.75 Å². The van der Waals surface area contributed by atoms with E-state index in [0.717, 1.165) is 29.4 Å². The summed E-state index contributed by atoms with van der Waals surface area (Å²) in [6.45, 7) is 5.16. The second kappa shape index (κ2) is 9.06. The number of nitrogens with one attached hydrogen (secondary N) is 1. The van der Waals surface area contributed by atoms with Crippen LogP contribution in [-0.2, 0) is 0 Å². The normalized spacial score (nSPS) is 15.6. The predicted molar refractivity (Wildman–Crippen MR) is 105 cm³/mol. The highest BCUT2D eigenvalue weighted by molar-refractivity contribution is 6.31. The molecule has 0 aliphatic carbocycles. The van der Waals surface area contributed by atoms with Gasteiger partial charge in [-0.2, -0.15) is 0 Å². The van der Waals surface area contributed by atoms with Gasteiger partial charge in [-0.15, -0.1) is 0 Å². The summed E-state index contributed by atoms with van der Waals surface area (Å²) < 4.78 is 5.42. The molecule has 1 amide bonds. The summed E-state index contributed by atoms with van der Waals surface area (Å²) >= 11 is 6.42. The maximum Gasteiger partial charge on any atom is 0.251 e. The molecule has 4 nitrogen and oxygen atoms in total. The highest BCUT2D eigenvalue weighted by atomic mass is 35.5. The van der Waals surface area contributed by atoms with Gasteiger partial charge in [-0.05, 0) is 68.8 Å². The zero-order valence-electron chi connectivity index (χ0n) is 15.1. The van der Waals surface area contributed by atoms with Crippen LogP contribution in [0.4, 0.5) is 0 Å². The molecule has 1 N–H and O–H groups in total. The number of hydrogen-bond donors (Lipinski definition) is 1. The van der Waals surface area contributed by atoms with Gasteiger partial charge in [0.25, 0.3) is 5.91 Å². The Morgan fingerprint density at radius 3 is 2.50 bits per heavy atom. The highest BCUT2D eigenvalue weighted by Crippen LogP contribution is 2.29. The van der Waals surface area contributed by atoms with Crippen LogP contribution < -0.4 is 10.1 Å². The Bertz CT molecular complexity index is 727. The number of rotatable bonds is 7. The number of halogens is 1. The summed E-state index contributed by atoms with van der Waals surface area (Å²) in [4.78, 5) is 14.9. The van der Waals surface area contributed by atoms with Crippen LogP contribution in [0, 0.1) is 0 Å². The van der Waals surface area contributed by atoms with Gasteiger partial charge < -0.3 is 10.1 Å². The standard InChI is InChI=1S/C21H25ClN2O2/c1-2-26-17-11-9-16(10-12-17)21(25)23-15-20(24-13-5-6-14-24)18-7-3-4-8-19(18)22/h3-4,7-12,20H,2,5-6,13-15H2,1H3,(H,23,25). The van der Waals surface area contributed by atoms with Gasteiger partial charge in [-0.1, -0.05) is 29.8 Å². The third-order valence-corrected chi connectivity index (χ3v) is 5.07. The Hall–Kier alpha value is -2.04. The molecule has 0 aromatic heterocycles. The fourth-order valence-electron chi connectivity index (χ4n) is 3.39. The van der Waals surface area contributed by atoms with Crippen LogP contribution in [0.1, 0.15) is 41.7 Å². The number of carbonyl (C=O) groups is 1. The van der Waals surface area contributed by atoms with E-state index in [1.165, 1.54) is 12.8 Å². The lowest BCUT2D eigenvalue weighted by atomic mass is 10.0. The molecular formula is C21H25ClN2O2. The molecule has 2 aromatic carbocycles. The first kappa shape index (κ1) is 18.7. The number of amides is 1. The number of hydrogen-bond acceptors (Lipinski definition) is 3. The number of nitrogens with zero attached hydrogens (tertiary/aromatic N) is 1. The van der Waals surface area contributed by atoms with E-state index in [-0.39, 0.29) is 11.9 Å². The van der Waals surface area contributed by atoms with Gasteiger partial charge in [0.2, 0.25) is 0 Å². The van der Waals surface area contributed by atoms with Crippen LogP contribution >= 0.6 is 11.6 Å². The van der Waals surface area contributed by atoms with E-state index in [2.05, 4.69) is 10.2 Å². The van der Waals surface area contributed by atoms with E-state index < -0.39 is 0 Å². The van der Waals surface area contributed by atoms with Gasteiger partial charge in [0, 0.05) is 17.1 Å². The lowest BCUT2D eigenvalue weighted by molar-refractivity contribution is 0.0938. The highest BCUT2D eigenvalue weighted by Gasteiger charge is 2.25. The summed E-state index contributed by atoms with van der Waals surface area (Å²) in [6.07, 6.45) is 2.38. The van der Waals surface area contributed by atoms with Crippen molar-refractivity contribution >= 4 is 17.5 Å². The molecule has 1 saturated heterocycles. The number of ether oxygens (including phenoxy) is 1. The van der Waals surface area contributed by atoms with Crippen LogP contribution in [-0.4, -0.2) is 37.0 Å². The summed E-state index contributed by atoms with van der Waals surface area (Å²) in [5.74, 6) is 0.694. The van der Waals surface area contributed by atoms with Crippen LogP contribution in [0.5, 0.6) is 5.75 Å². The molecule has 0 radical (unpaired) electrons. The first-order chi connectivity index (χ1) is 12.7. The summed E-state index contributed by atoms with van der Waals surface area (Å²) in [5.41, 5.74) is 1.70. The molecule has 1 aliphatic rings. The minimum Gasteiger partial charge on any atom is -0.494 e. The average molecular weight is 373 g/mol. The van der Waals surface area contributed by atoms with Gasteiger partial charge in [0.05, 0.1) is 12.6 Å². The fourth-order valence-corrected chi connectivity index (χ4v) is 3.66. The molecule has 26 heavy (non-hydrogen) atoms. The Balaban J connectivity index is 1.69. The second-order valence-electron chi connectivity index (χ2n) is 6.45. The first-order valence-electron chi connectivity index (χ1n) is 9.18. The Morgan fingerprint density at radius 1 is 1.15 bits per heavy atom. The van der Waals surface area contributed by atoms with Crippen molar-refractivity contribution in [2.75, 3.05) is 26.2 Å². The Labute approximate surface area is 160 Å². The summed E-state index contributed by atoms with van der Waals surface area (Å²) in [5, 5.41) is 3.82. The molecule has 1 fully saturated rings. The van der Waals surface area contributed by atoms with E-state index in [1.54, 1.807) is 12.1 Å². The minimum absolute atomic E-state index is 0.0794. The molecule has 138 valence electrons. The van der Waals surface area contributed by atoms with Crippen molar-refractivity contribution in [1.82, 2.24) is 10.2 Å². The molecule has 0 spiro atoms. The third-order valence-electron chi connectivity index (χ3n) is 4.73. The van der Waals surface area contributed by atoms with Gasteiger partial charge in [-0.25, -0.2) is 0 Å². The Morgan fingerprint density at radius 2 is 1.85 bits per heavy atom. The fraction of sp³-hybridized carbons (Fsp3) is 0.381. The van der Waals surface area contributed by atoms with E-state index in [1.807, 2.05) is 43.3 Å². The Kier molecular flexibility index (Phi) is 6.53. The van der Waals surface area contributed by atoms with Gasteiger partial charge >= 0.3 is 0 Å². The monoisotopic (exact) mass is 372 g/mol. The lowest BCUT2D eigenvalue weighted by Crippen LogP contribution is -2.37. The quantitative estimate of drug-likeness (QED) is 0.787.